The van der Waals surface area contributed by atoms with E-state index in [0.717, 1.165) is 32.1 Å². The first-order valence-corrected chi connectivity index (χ1v) is 21.3. The van der Waals surface area contributed by atoms with Crippen LogP contribution >= 0.6 is 0 Å². The van der Waals surface area contributed by atoms with Gasteiger partial charge in [-0.3, -0.25) is 4.79 Å². The zero-order valence-electron chi connectivity index (χ0n) is 31.9. The molecule has 0 aliphatic heterocycles. The second kappa shape index (κ2) is 38.2. The second-order valence-electron chi connectivity index (χ2n) is 14.9. The fourth-order valence-corrected chi connectivity index (χ4v) is 6.84. The van der Waals surface area contributed by atoms with Crippen molar-refractivity contribution in [2.24, 2.45) is 0 Å². The summed E-state index contributed by atoms with van der Waals surface area (Å²) in [5.74, 6) is -0.466. The first-order chi connectivity index (χ1) is 23.1. The number of unbranched alkanes of at least 4 members (excludes halogenated alkanes) is 31. The van der Waals surface area contributed by atoms with Crippen molar-refractivity contribution >= 4 is 5.91 Å². The van der Waals surface area contributed by atoms with Crippen molar-refractivity contribution in [1.29, 1.82) is 0 Å². The maximum Gasteiger partial charge on any atom is 0.249 e. The lowest BCUT2D eigenvalue weighted by molar-refractivity contribution is -0.131. The minimum absolute atomic E-state index is 0.308. The summed E-state index contributed by atoms with van der Waals surface area (Å²) in [6.07, 6.45) is 42.4. The SMILES string of the molecule is CCCCCCCCCCCCCCCCCCCC(O)C(=O)NC(CO)C(O)CCCCCCCCCCCCCCCCCC. The summed E-state index contributed by atoms with van der Waals surface area (Å²) in [5, 5.41) is 33.3. The lowest BCUT2D eigenvalue weighted by Crippen LogP contribution is -2.49. The molecule has 0 rings (SSSR count). The normalized spacial score (nSPS) is 13.6. The molecule has 4 N–H and O–H groups in total. The Bertz CT molecular complexity index is 615. The zero-order chi connectivity index (χ0) is 34.5. The standard InChI is InChI=1S/C42H85NO4/c1-3-5-7-9-11-13-15-17-19-21-23-25-27-29-31-33-35-37-41(46)42(47)43-39(38-44)40(45)36-34-32-30-28-26-24-22-20-18-16-14-12-10-8-6-4-2/h39-41,44-46H,3-38H2,1-2H3,(H,43,47). The molecule has 47 heavy (non-hydrogen) atoms. The van der Waals surface area contributed by atoms with Crippen molar-refractivity contribution < 1.29 is 20.1 Å². The summed E-state index contributed by atoms with van der Waals surface area (Å²) >= 11 is 0. The van der Waals surface area contributed by atoms with Crippen LogP contribution in [0.4, 0.5) is 0 Å². The van der Waals surface area contributed by atoms with Crippen LogP contribution in [0, 0.1) is 0 Å². The average Bonchev–Trinajstić information content (AvgIpc) is 3.07. The van der Waals surface area contributed by atoms with E-state index in [0.29, 0.717) is 12.8 Å². The summed E-state index contributed by atoms with van der Waals surface area (Å²) in [6.45, 7) is 4.25. The molecule has 0 aromatic carbocycles. The number of rotatable bonds is 39. The van der Waals surface area contributed by atoms with Crippen molar-refractivity contribution in [3.05, 3.63) is 0 Å². The molecule has 0 radical (unpaired) electrons. The number of carbonyl (C=O) groups is 1. The van der Waals surface area contributed by atoms with Gasteiger partial charge in [0, 0.05) is 0 Å². The molecular weight excluding hydrogens is 582 g/mol. The van der Waals surface area contributed by atoms with Crippen molar-refractivity contribution in [2.45, 2.75) is 257 Å². The van der Waals surface area contributed by atoms with Crippen LogP contribution in [0.3, 0.4) is 0 Å². The van der Waals surface area contributed by atoms with Crippen molar-refractivity contribution in [3.8, 4) is 0 Å². The van der Waals surface area contributed by atoms with Crippen LogP contribution in [0.25, 0.3) is 0 Å². The highest BCUT2D eigenvalue weighted by atomic mass is 16.3. The van der Waals surface area contributed by atoms with E-state index in [-0.39, 0.29) is 6.61 Å². The molecule has 3 unspecified atom stereocenters. The Morgan fingerprint density at radius 1 is 0.426 bits per heavy atom. The van der Waals surface area contributed by atoms with Crippen molar-refractivity contribution in [3.63, 3.8) is 0 Å². The molecule has 0 spiro atoms. The smallest absolute Gasteiger partial charge is 0.249 e. The number of aliphatic hydroxyl groups excluding tert-OH is 3. The van der Waals surface area contributed by atoms with Crippen LogP contribution in [0.15, 0.2) is 0 Å². The number of aliphatic hydroxyl groups is 3. The van der Waals surface area contributed by atoms with Gasteiger partial charge in [-0.05, 0) is 12.8 Å². The van der Waals surface area contributed by atoms with Gasteiger partial charge >= 0.3 is 0 Å². The fraction of sp³-hybridized carbons (Fsp3) is 0.976. The number of carbonyl (C=O) groups excluding carboxylic acids is 1. The van der Waals surface area contributed by atoms with Crippen LogP contribution < -0.4 is 5.32 Å². The molecule has 0 aromatic rings. The summed E-state index contributed by atoms with van der Waals surface area (Å²) in [6, 6.07) is -0.705. The Morgan fingerprint density at radius 2 is 0.681 bits per heavy atom. The topological polar surface area (TPSA) is 89.8 Å². The molecule has 0 saturated carbocycles. The third kappa shape index (κ3) is 33.6. The van der Waals surface area contributed by atoms with Gasteiger partial charge in [0.1, 0.15) is 6.10 Å². The summed E-state index contributed by atoms with van der Waals surface area (Å²) in [5.41, 5.74) is 0. The predicted molar refractivity (Wildman–Crippen MR) is 204 cm³/mol. The Kier molecular flexibility index (Phi) is 37.6. The van der Waals surface area contributed by atoms with E-state index in [9.17, 15) is 20.1 Å². The largest absolute Gasteiger partial charge is 0.394 e. The van der Waals surface area contributed by atoms with Gasteiger partial charge in [-0.15, -0.1) is 0 Å². The zero-order valence-corrected chi connectivity index (χ0v) is 31.9. The van der Waals surface area contributed by atoms with Gasteiger partial charge in [-0.2, -0.15) is 0 Å². The van der Waals surface area contributed by atoms with E-state index in [1.54, 1.807) is 0 Å². The molecule has 5 nitrogen and oxygen atoms in total. The fourth-order valence-electron chi connectivity index (χ4n) is 6.84. The summed E-state index contributed by atoms with van der Waals surface area (Å²) in [7, 11) is 0. The van der Waals surface area contributed by atoms with E-state index in [2.05, 4.69) is 19.2 Å². The molecule has 0 aliphatic carbocycles. The van der Waals surface area contributed by atoms with Crippen LogP contribution in [-0.4, -0.2) is 46.1 Å². The Labute approximate surface area is 294 Å². The third-order valence-corrected chi connectivity index (χ3v) is 10.2. The van der Waals surface area contributed by atoms with Crippen LogP contribution in [-0.2, 0) is 4.79 Å². The van der Waals surface area contributed by atoms with Gasteiger partial charge in [0.05, 0.1) is 18.8 Å². The third-order valence-electron chi connectivity index (χ3n) is 10.2. The molecule has 0 saturated heterocycles. The van der Waals surface area contributed by atoms with E-state index >= 15 is 0 Å². The minimum Gasteiger partial charge on any atom is -0.394 e. The van der Waals surface area contributed by atoms with Gasteiger partial charge in [0.25, 0.3) is 0 Å². The van der Waals surface area contributed by atoms with Gasteiger partial charge in [0.2, 0.25) is 5.91 Å². The quantitative estimate of drug-likeness (QED) is 0.0491. The van der Waals surface area contributed by atoms with Gasteiger partial charge in [0.15, 0.2) is 0 Å². The number of nitrogens with one attached hydrogen (secondary N) is 1. The molecule has 3 atom stereocenters. The predicted octanol–water partition coefficient (Wildman–Crippen LogP) is 11.9. The molecular formula is C42H85NO4. The van der Waals surface area contributed by atoms with E-state index in [1.165, 1.54) is 180 Å². The maximum atomic E-state index is 12.5. The lowest BCUT2D eigenvalue weighted by atomic mass is 10.0. The summed E-state index contributed by atoms with van der Waals surface area (Å²) in [4.78, 5) is 12.5. The van der Waals surface area contributed by atoms with Crippen molar-refractivity contribution in [2.75, 3.05) is 6.61 Å². The highest BCUT2D eigenvalue weighted by Crippen LogP contribution is 2.17. The summed E-state index contributed by atoms with van der Waals surface area (Å²) < 4.78 is 0. The highest BCUT2D eigenvalue weighted by Gasteiger charge is 2.23. The van der Waals surface area contributed by atoms with Gasteiger partial charge < -0.3 is 20.6 Å². The highest BCUT2D eigenvalue weighted by molar-refractivity contribution is 5.80. The van der Waals surface area contributed by atoms with Crippen LogP contribution in [0.5, 0.6) is 0 Å². The molecule has 1 amide bonds. The van der Waals surface area contributed by atoms with E-state index < -0.39 is 24.2 Å². The number of hydrogen-bond acceptors (Lipinski definition) is 4. The first kappa shape index (κ1) is 46.4. The second-order valence-corrected chi connectivity index (χ2v) is 14.9. The molecule has 0 aromatic heterocycles. The molecule has 0 aliphatic rings. The first-order valence-electron chi connectivity index (χ1n) is 21.3. The number of hydrogen-bond donors (Lipinski definition) is 4. The maximum absolute atomic E-state index is 12.5. The molecule has 0 heterocycles. The van der Waals surface area contributed by atoms with Gasteiger partial charge in [-0.25, -0.2) is 0 Å². The number of amides is 1. The van der Waals surface area contributed by atoms with E-state index in [1.807, 2.05) is 0 Å². The van der Waals surface area contributed by atoms with Crippen LogP contribution in [0.2, 0.25) is 0 Å². The van der Waals surface area contributed by atoms with Crippen LogP contribution in [0.1, 0.15) is 239 Å². The monoisotopic (exact) mass is 668 g/mol. The Hall–Kier alpha value is -0.650. The Morgan fingerprint density at radius 3 is 0.957 bits per heavy atom. The van der Waals surface area contributed by atoms with Crippen molar-refractivity contribution in [1.82, 2.24) is 5.32 Å². The van der Waals surface area contributed by atoms with Gasteiger partial charge in [-0.1, -0.05) is 226 Å². The minimum atomic E-state index is -1.07. The molecule has 0 fully saturated rings. The molecule has 5 heteroatoms. The average molecular weight is 668 g/mol. The Balaban J connectivity index is 3.60. The lowest BCUT2D eigenvalue weighted by Gasteiger charge is -2.23. The van der Waals surface area contributed by atoms with E-state index in [4.69, 9.17) is 0 Å². The molecule has 282 valence electrons. The molecule has 0 bridgehead atoms.